The Bertz CT molecular complexity index is 351. The third kappa shape index (κ3) is 4.53. The number of nitrogens with zero attached hydrogens (tertiary/aromatic N) is 2. The molecule has 0 amide bonds. The van der Waals surface area contributed by atoms with E-state index >= 15 is 0 Å². The van der Waals surface area contributed by atoms with Crippen molar-refractivity contribution in [3.63, 3.8) is 0 Å². The predicted molar refractivity (Wildman–Crippen MR) is 76.4 cm³/mol. The molecular formula is C14H25N3O. The summed E-state index contributed by atoms with van der Waals surface area (Å²) in [5.41, 5.74) is 1.11. The van der Waals surface area contributed by atoms with E-state index in [1.807, 2.05) is 20.0 Å². The molecule has 0 aliphatic carbocycles. The van der Waals surface area contributed by atoms with Crippen molar-refractivity contribution in [3.8, 4) is 5.75 Å². The molecule has 4 nitrogen and oxygen atoms in total. The van der Waals surface area contributed by atoms with Gasteiger partial charge in [0, 0.05) is 13.6 Å². The molecule has 0 fully saturated rings. The van der Waals surface area contributed by atoms with Crippen LogP contribution in [0.5, 0.6) is 5.75 Å². The van der Waals surface area contributed by atoms with E-state index in [9.17, 15) is 0 Å². The number of nitrogens with one attached hydrogen (secondary N) is 1. The minimum atomic E-state index is 0.747. The van der Waals surface area contributed by atoms with Crippen molar-refractivity contribution in [2.75, 3.05) is 38.6 Å². The van der Waals surface area contributed by atoms with E-state index in [4.69, 9.17) is 4.74 Å². The van der Waals surface area contributed by atoms with Gasteiger partial charge in [0.25, 0.3) is 0 Å². The number of aryl methyl sites for hydroxylation is 1. The average molecular weight is 251 g/mol. The summed E-state index contributed by atoms with van der Waals surface area (Å²) < 4.78 is 5.71. The van der Waals surface area contributed by atoms with E-state index in [1.165, 1.54) is 0 Å². The smallest absolute Gasteiger partial charge is 0.138 e. The molecule has 0 unspecified atom stereocenters. The maximum atomic E-state index is 5.71. The quantitative estimate of drug-likeness (QED) is 0.720. The zero-order chi connectivity index (χ0) is 13.4. The lowest BCUT2D eigenvalue weighted by Crippen LogP contribution is -2.25. The minimum absolute atomic E-state index is 0.747. The molecule has 1 aromatic rings. The highest BCUT2D eigenvalue weighted by molar-refractivity contribution is 5.45. The van der Waals surface area contributed by atoms with Crippen LogP contribution in [-0.4, -0.2) is 43.2 Å². The third-order valence-electron chi connectivity index (χ3n) is 3.07. The molecule has 0 atom stereocenters. The summed E-state index contributed by atoms with van der Waals surface area (Å²) in [6.07, 6.45) is 2.82. The summed E-state index contributed by atoms with van der Waals surface area (Å²) in [5.74, 6) is 1.76. The van der Waals surface area contributed by atoms with E-state index in [2.05, 4.69) is 29.0 Å². The molecule has 1 rings (SSSR count). The summed E-state index contributed by atoms with van der Waals surface area (Å²) in [4.78, 5) is 6.70. The number of ether oxygens (including phenoxy) is 1. The van der Waals surface area contributed by atoms with Crippen molar-refractivity contribution in [3.05, 3.63) is 17.8 Å². The highest BCUT2D eigenvalue weighted by Gasteiger charge is 2.02. The van der Waals surface area contributed by atoms with E-state index in [0.29, 0.717) is 0 Å². The number of anilines is 1. The normalized spacial score (nSPS) is 10.7. The first kappa shape index (κ1) is 14.8. The standard InChI is InChI=1S/C14H25N3O/c1-5-17(6-2)8-7-9-18-13-10-12(3)14(15-4)16-11-13/h10-11H,5-9H2,1-4H3,(H,15,16). The topological polar surface area (TPSA) is 37.4 Å². The van der Waals surface area contributed by atoms with Crippen LogP contribution in [0.15, 0.2) is 12.3 Å². The Morgan fingerprint density at radius 3 is 2.61 bits per heavy atom. The molecule has 0 radical (unpaired) electrons. The zero-order valence-corrected chi connectivity index (χ0v) is 12.0. The second-order valence-corrected chi connectivity index (χ2v) is 4.32. The summed E-state index contributed by atoms with van der Waals surface area (Å²) in [7, 11) is 1.87. The fourth-order valence-corrected chi connectivity index (χ4v) is 1.91. The minimum Gasteiger partial charge on any atom is -0.492 e. The van der Waals surface area contributed by atoms with Crippen LogP contribution in [-0.2, 0) is 0 Å². The van der Waals surface area contributed by atoms with Crippen LogP contribution >= 0.6 is 0 Å². The van der Waals surface area contributed by atoms with E-state index in [-0.39, 0.29) is 0 Å². The average Bonchev–Trinajstić information content (AvgIpc) is 2.39. The molecule has 102 valence electrons. The van der Waals surface area contributed by atoms with Gasteiger partial charge in [-0.2, -0.15) is 0 Å². The number of hydrogen-bond donors (Lipinski definition) is 1. The Morgan fingerprint density at radius 2 is 2.06 bits per heavy atom. The fourth-order valence-electron chi connectivity index (χ4n) is 1.91. The Balaban J connectivity index is 2.33. The molecule has 4 heteroatoms. The molecule has 0 aromatic carbocycles. The van der Waals surface area contributed by atoms with Gasteiger partial charge >= 0.3 is 0 Å². The van der Waals surface area contributed by atoms with Gasteiger partial charge in [-0.1, -0.05) is 13.8 Å². The van der Waals surface area contributed by atoms with Crippen LogP contribution in [0.3, 0.4) is 0 Å². The van der Waals surface area contributed by atoms with E-state index in [0.717, 1.165) is 49.8 Å². The molecule has 0 aliphatic heterocycles. The largest absolute Gasteiger partial charge is 0.492 e. The van der Waals surface area contributed by atoms with Gasteiger partial charge in [0.15, 0.2) is 0 Å². The van der Waals surface area contributed by atoms with Gasteiger partial charge in [0.1, 0.15) is 11.6 Å². The molecule has 1 N–H and O–H groups in total. The fraction of sp³-hybridized carbons (Fsp3) is 0.643. The molecule has 1 heterocycles. The highest BCUT2D eigenvalue weighted by atomic mass is 16.5. The molecule has 18 heavy (non-hydrogen) atoms. The molecule has 0 bridgehead atoms. The van der Waals surface area contributed by atoms with Crippen molar-refractivity contribution in [2.45, 2.75) is 27.2 Å². The van der Waals surface area contributed by atoms with Gasteiger partial charge in [-0.25, -0.2) is 4.98 Å². The molecule has 0 spiro atoms. The highest BCUT2D eigenvalue weighted by Crippen LogP contribution is 2.17. The summed E-state index contributed by atoms with van der Waals surface area (Å²) in [6.45, 7) is 10.5. The lowest BCUT2D eigenvalue weighted by molar-refractivity contribution is 0.248. The maximum Gasteiger partial charge on any atom is 0.138 e. The Morgan fingerprint density at radius 1 is 1.33 bits per heavy atom. The van der Waals surface area contributed by atoms with Crippen molar-refractivity contribution in [1.82, 2.24) is 9.88 Å². The summed E-state index contributed by atoms with van der Waals surface area (Å²) in [6, 6.07) is 2.02. The summed E-state index contributed by atoms with van der Waals surface area (Å²) >= 11 is 0. The lowest BCUT2D eigenvalue weighted by Gasteiger charge is -2.17. The molecular weight excluding hydrogens is 226 g/mol. The molecule has 0 saturated carbocycles. The summed E-state index contributed by atoms with van der Waals surface area (Å²) in [5, 5.41) is 3.05. The van der Waals surface area contributed by atoms with Crippen molar-refractivity contribution >= 4 is 5.82 Å². The Kier molecular flexibility index (Phi) is 6.50. The number of pyridine rings is 1. The first-order valence-electron chi connectivity index (χ1n) is 6.70. The third-order valence-corrected chi connectivity index (χ3v) is 3.07. The van der Waals surface area contributed by atoms with Crippen LogP contribution in [0, 0.1) is 6.92 Å². The monoisotopic (exact) mass is 251 g/mol. The Labute approximate surface area is 110 Å². The van der Waals surface area contributed by atoms with E-state index < -0.39 is 0 Å². The van der Waals surface area contributed by atoms with Crippen LogP contribution in [0.1, 0.15) is 25.8 Å². The molecule has 0 aliphatic rings. The van der Waals surface area contributed by atoms with Gasteiger partial charge in [-0.3, -0.25) is 0 Å². The zero-order valence-electron chi connectivity index (χ0n) is 12.0. The molecule has 0 saturated heterocycles. The predicted octanol–water partition coefficient (Wildman–Crippen LogP) is 2.54. The second-order valence-electron chi connectivity index (χ2n) is 4.32. The van der Waals surface area contributed by atoms with Gasteiger partial charge in [-0.15, -0.1) is 0 Å². The van der Waals surface area contributed by atoms with Gasteiger partial charge in [-0.05, 0) is 38.1 Å². The van der Waals surface area contributed by atoms with Crippen LogP contribution in [0.4, 0.5) is 5.82 Å². The first-order valence-corrected chi connectivity index (χ1v) is 6.70. The number of hydrogen-bond acceptors (Lipinski definition) is 4. The van der Waals surface area contributed by atoms with Gasteiger partial charge < -0.3 is 15.0 Å². The van der Waals surface area contributed by atoms with Gasteiger partial charge in [0.2, 0.25) is 0 Å². The SMILES string of the molecule is CCN(CC)CCCOc1cnc(NC)c(C)c1. The lowest BCUT2D eigenvalue weighted by atomic mass is 10.3. The van der Waals surface area contributed by atoms with Crippen LogP contribution in [0.25, 0.3) is 0 Å². The van der Waals surface area contributed by atoms with Crippen LogP contribution < -0.4 is 10.1 Å². The van der Waals surface area contributed by atoms with Crippen LogP contribution in [0.2, 0.25) is 0 Å². The van der Waals surface area contributed by atoms with Crippen molar-refractivity contribution in [1.29, 1.82) is 0 Å². The van der Waals surface area contributed by atoms with E-state index in [1.54, 1.807) is 6.20 Å². The Hall–Kier alpha value is -1.29. The first-order chi connectivity index (χ1) is 8.71. The molecule has 1 aromatic heterocycles. The number of aromatic nitrogens is 1. The van der Waals surface area contributed by atoms with Gasteiger partial charge in [0.05, 0.1) is 12.8 Å². The number of rotatable bonds is 8. The maximum absolute atomic E-state index is 5.71. The van der Waals surface area contributed by atoms with Crippen molar-refractivity contribution < 1.29 is 4.74 Å². The second kappa shape index (κ2) is 7.93. The van der Waals surface area contributed by atoms with Crippen molar-refractivity contribution in [2.24, 2.45) is 0 Å².